The molecule has 0 aromatic carbocycles. The second kappa shape index (κ2) is 5.54. The van der Waals surface area contributed by atoms with Crippen molar-refractivity contribution in [2.75, 3.05) is 13.1 Å². The van der Waals surface area contributed by atoms with Crippen LogP contribution in [0.3, 0.4) is 0 Å². The van der Waals surface area contributed by atoms with E-state index < -0.39 is 11.9 Å². The van der Waals surface area contributed by atoms with Crippen molar-refractivity contribution in [1.82, 2.24) is 10.6 Å². The lowest BCUT2D eigenvalue weighted by atomic mass is 10.3. The number of nitrogens with two attached hydrogens (primary N) is 1. The number of carbonyl (C=O) groups is 2. The second-order valence-electron chi connectivity index (χ2n) is 2.47. The maximum atomic E-state index is 10.9. The van der Waals surface area contributed by atoms with E-state index in [0.29, 0.717) is 0 Å². The average molecular weight is 173 g/mol. The molecule has 0 radical (unpaired) electrons. The van der Waals surface area contributed by atoms with Crippen LogP contribution in [0.1, 0.15) is 13.8 Å². The summed E-state index contributed by atoms with van der Waals surface area (Å²) in [7, 11) is 0. The highest BCUT2D eigenvalue weighted by Crippen LogP contribution is 1.77. The minimum Gasteiger partial charge on any atom is -0.368 e. The van der Waals surface area contributed by atoms with Crippen LogP contribution in [0.25, 0.3) is 0 Å². The summed E-state index contributed by atoms with van der Waals surface area (Å²) in [4.78, 5) is 21.4. The fourth-order valence-electron chi connectivity index (χ4n) is 0.602. The van der Waals surface area contributed by atoms with Gasteiger partial charge in [-0.2, -0.15) is 0 Å². The van der Waals surface area contributed by atoms with E-state index in [4.69, 9.17) is 5.73 Å². The molecule has 5 heteroatoms. The fourth-order valence-corrected chi connectivity index (χ4v) is 0.602. The molecule has 0 saturated heterocycles. The molecule has 0 bridgehead atoms. The maximum absolute atomic E-state index is 10.9. The minimum absolute atomic E-state index is 0.216. The average Bonchev–Trinajstić information content (AvgIpc) is 2.00. The molecule has 0 aromatic rings. The zero-order valence-corrected chi connectivity index (χ0v) is 7.39. The Labute approximate surface area is 71.7 Å². The van der Waals surface area contributed by atoms with Gasteiger partial charge < -0.3 is 16.4 Å². The van der Waals surface area contributed by atoms with Crippen molar-refractivity contribution in [2.24, 2.45) is 5.73 Å². The van der Waals surface area contributed by atoms with Crippen molar-refractivity contribution >= 4 is 11.8 Å². The van der Waals surface area contributed by atoms with Gasteiger partial charge in [0.1, 0.15) is 6.04 Å². The molecular formula is C7H15N3O2. The number of rotatable bonds is 5. The van der Waals surface area contributed by atoms with E-state index in [1.807, 2.05) is 6.92 Å². The topological polar surface area (TPSA) is 84.2 Å². The van der Waals surface area contributed by atoms with Gasteiger partial charge in [-0.1, -0.05) is 6.92 Å². The van der Waals surface area contributed by atoms with Crippen LogP contribution in [0.15, 0.2) is 0 Å². The lowest BCUT2D eigenvalue weighted by Crippen LogP contribution is -2.45. The molecule has 0 aliphatic rings. The van der Waals surface area contributed by atoms with Crippen LogP contribution in [-0.2, 0) is 9.59 Å². The van der Waals surface area contributed by atoms with Crippen LogP contribution in [0.5, 0.6) is 0 Å². The fraction of sp³-hybridized carbons (Fsp3) is 0.714. The van der Waals surface area contributed by atoms with E-state index in [2.05, 4.69) is 10.6 Å². The van der Waals surface area contributed by atoms with E-state index in [-0.39, 0.29) is 12.5 Å². The molecule has 0 aromatic heterocycles. The zero-order chi connectivity index (χ0) is 9.56. The molecule has 0 heterocycles. The molecule has 0 saturated carbocycles. The molecule has 0 fully saturated rings. The van der Waals surface area contributed by atoms with Gasteiger partial charge in [0.15, 0.2) is 0 Å². The number of hydrogen-bond acceptors (Lipinski definition) is 3. The quantitative estimate of drug-likeness (QED) is 0.477. The molecule has 0 spiro atoms. The van der Waals surface area contributed by atoms with Gasteiger partial charge in [0.2, 0.25) is 11.8 Å². The van der Waals surface area contributed by atoms with Gasteiger partial charge >= 0.3 is 0 Å². The van der Waals surface area contributed by atoms with Crippen molar-refractivity contribution in [1.29, 1.82) is 0 Å². The van der Waals surface area contributed by atoms with E-state index in [1.54, 1.807) is 6.92 Å². The molecule has 0 aliphatic carbocycles. The lowest BCUT2D eigenvalue weighted by molar-refractivity contribution is -0.126. The highest BCUT2D eigenvalue weighted by Gasteiger charge is 2.10. The Hall–Kier alpha value is -1.10. The standard InChI is InChI=1S/C7H15N3O2/c1-3-9-4-6(11)10-5(2)7(8)12/h5,9H,3-4H2,1-2H3,(H2,8,12)(H,10,11). The lowest BCUT2D eigenvalue weighted by Gasteiger charge is -2.09. The Morgan fingerprint density at radius 3 is 2.50 bits per heavy atom. The predicted octanol–water partition coefficient (Wildman–Crippen LogP) is -1.41. The third-order valence-electron chi connectivity index (χ3n) is 1.34. The highest BCUT2D eigenvalue weighted by atomic mass is 16.2. The van der Waals surface area contributed by atoms with Gasteiger partial charge in [0.05, 0.1) is 6.54 Å². The summed E-state index contributed by atoms with van der Waals surface area (Å²) in [5.41, 5.74) is 4.94. The first-order chi connectivity index (χ1) is 5.57. The number of primary amides is 1. The molecule has 1 atom stereocenters. The van der Waals surface area contributed by atoms with Gasteiger partial charge in [0, 0.05) is 0 Å². The second-order valence-corrected chi connectivity index (χ2v) is 2.47. The molecule has 2 amide bonds. The maximum Gasteiger partial charge on any atom is 0.239 e. The third kappa shape index (κ3) is 4.68. The Balaban J connectivity index is 3.61. The minimum atomic E-state index is -0.601. The molecule has 1 unspecified atom stereocenters. The van der Waals surface area contributed by atoms with Crippen molar-refractivity contribution in [3.63, 3.8) is 0 Å². The zero-order valence-electron chi connectivity index (χ0n) is 7.39. The van der Waals surface area contributed by atoms with E-state index in [0.717, 1.165) is 6.54 Å². The van der Waals surface area contributed by atoms with E-state index >= 15 is 0 Å². The van der Waals surface area contributed by atoms with Gasteiger partial charge in [-0.05, 0) is 13.5 Å². The Morgan fingerprint density at radius 1 is 1.50 bits per heavy atom. The van der Waals surface area contributed by atoms with Crippen molar-refractivity contribution < 1.29 is 9.59 Å². The third-order valence-corrected chi connectivity index (χ3v) is 1.34. The van der Waals surface area contributed by atoms with Crippen molar-refractivity contribution in [2.45, 2.75) is 19.9 Å². The monoisotopic (exact) mass is 173 g/mol. The van der Waals surface area contributed by atoms with Crippen LogP contribution in [0.4, 0.5) is 0 Å². The smallest absolute Gasteiger partial charge is 0.239 e. The number of hydrogen-bond donors (Lipinski definition) is 3. The van der Waals surface area contributed by atoms with E-state index in [9.17, 15) is 9.59 Å². The highest BCUT2D eigenvalue weighted by molar-refractivity contribution is 5.86. The van der Waals surface area contributed by atoms with Crippen LogP contribution in [-0.4, -0.2) is 30.9 Å². The SMILES string of the molecule is CCNCC(=O)NC(C)C(N)=O. The largest absolute Gasteiger partial charge is 0.368 e. The molecular weight excluding hydrogens is 158 g/mol. The normalized spacial score (nSPS) is 12.2. The molecule has 12 heavy (non-hydrogen) atoms. The summed E-state index contributed by atoms with van der Waals surface area (Å²) in [6.45, 7) is 4.38. The summed E-state index contributed by atoms with van der Waals surface area (Å²) < 4.78 is 0. The van der Waals surface area contributed by atoms with Crippen LogP contribution >= 0.6 is 0 Å². The summed E-state index contributed by atoms with van der Waals surface area (Å²) >= 11 is 0. The van der Waals surface area contributed by atoms with Crippen molar-refractivity contribution in [3.8, 4) is 0 Å². The Morgan fingerprint density at radius 2 is 2.08 bits per heavy atom. The molecule has 70 valence electrons. The van der Waals surface area contributed by atoms with Gasteiger partial charge in [-0.3, -0.25) is 9.59 Å². The van der Waals surface area contributed by atoms with Gasteiger partial charge in [0.25, 0.3) is 0 Å². The predicted molar refractivity (Wildman–Crippen MR) is 45.3 cm³/mol. The number of amides is 2. The molecule has 0 rings (SSSR count). The molecule has 4 N–H and O–H groups in total. The summed E-state index contributed by atoms with van der Waals surface area (Å²) in [6, 6.07) is -0.601. The first kappa shape index (κ1) is 10.9. The van der Waals surface area contributed by atoms with Gasteiger partial charge in [-0.15, -0.1) is 0 Å². The van der Waals surface area contributed by atoms with E-state index in [1.165, 1.54) is 0 Å². The summed E-state index contributed by atoms with van der Waals surface area (Å²) in [6.07, 6.45) is 0. The number of likely N-dealkylation sites (N-methyl/N-ethyl adjacent to an activating group) is 1. The number of nitrogens with one attached hydrogen (secondary N) is 2. The van der Waals surface area contributed by atoms with Crippen LogP contribution < -0.4 is 16.4 Å². The number of carbonyl (C=O) groups excluding carboxylic acids is 2. The van der Waals surface area contributed by atoms with Crippen molar-refractivity contribution in [3.05, 3.63) is 0 Å². The Bertz CT molecular complexity index is 170. The van der Waals surface area contributed by atoms with Gasteiger partial charge in [-0.25, -0.2) is 0 Å². The molecule has 5 nitrogen and oxygen atoms in total. The Kier molecular flexibility index (Phi) is 5.03. The van der Waals surface area contributed by atoms with Crippen LogP contribution in [0.2, 0.25) is 0 Å². The first-order valence-electron chi connectivity index (χ1n) is 3.87. The summed E-state index contributed by atoms with van der Waals surface area (Å²) in [5.74, 6) is -0.747. The molecule has 0 aliphatic heterocycles. The summed E-state index contributed by atoms with van der Waals surface area (Å²) in [5, 5.41) is 5.27. The van der Waals surface area contributed by atoms with Crippen LogP contribution in [0, 0.1) is 0 Å². The first-order valence-corrected chi connectivity index (χ1v) is 3.87.